The van der Waals surface area contributed by atoms with E-state index in [0.29, 0.717) is 18.1 Å². The molecular formula is C21H22N4O. The van der Waals surface area contributed by atoms with Crippen molar-refractivity contribution >= 4 is 17.4 Å². The van der Waals surface area contributed by atoms with Crippen molar-refractivity contribution in [2.75, 3.05) is 5.32 Å². The fourth-order valence-corrected chi connectivity index (χ4v) is 2.62. The number of hydrogen-bond acceptors (Lipinski definition) is 4. The molecule has 3 rings (SSSR count). The summed E-state index contributed by atoms with van der Waals surface area (Å²) < 4.78 is 0. The third kappa shape index (κ3) is 4.45. The van der Waals surface area contributed by atoms with Gasteiger partial charge in [0.15, 0.2) is 0 Å². The van der Waals surface area contributed by atoms with Crippen molar-refractivity contribution in [3.05, 3.63) is 82.8 Å². The summed E-state index contributed by atoms with van der Waals surface area (Å²) in [5.41, 5.74) is 5.85. The molecule has 0 aliphatic rings. The van der Waals surface area contributed by atoms with Gasteiger partial charge in [0.25, 0.3) is 5.91 Å². The Morgan fingerprint density at radius 3 is 2.38 bits per heavy atom. The summed E-state index contributed by atoms with van der Waals surface area (Å²) in [4.78, 5) is 20.7. The number of anilines is 2. The zero-order valence-corrected chi connectivity index (χ0v) is 15.2. The summed E-state index contributed by atoms with van der Waals surface area (Å²) in [7, 11) is 0. The van der Waals surface area contributed by atoms with E-state index in [2.05, 4.69) is 33.6 Å². The second-order valence-electron chi connectivity index (χ2n) is 6.40. The summed E-state index contributed by atoms with van der Waals surface area (Å²) >= 11 is 0. The van der Waals surface area contributed by atoms with Crippen LogP contribution in [0, 0.1) is 20.8 Å². The van der Waals surface area contributed by atoms with Crippen LogP contribution in [0.25, 0.3) is 0 Å². The SMILES string of the molecule is Cc1ccc(CNC(=O)c2cc(Nc3ccc(C)cc3C)ncn2)cc1. The fraction of sp³-hybridized carbons (Fsp3) is 0.190. The highest BCUT2D eigenvalue weighted by molar-refractivity contribution is 5.92. The predicted octanol–water partition coefficient (Wildman–Crippen LogP) is 4.08. The van der Waals surface area contributed by atoms with E-state index in [4.69, 9.17) is 0 Å². The van der Waals surface area contributed by atoms with Crippen LogP contribution in [0.1, 0.15) is 32.7 Å². The average molecular weight is 346 g/mol. The zero-order valence-electron chi connectivity index (χ0n) is 15.2. The van der Waals surface area contributed by atoms with Crippen molar-refractivity contribution in [3.63, 3.8) is 0 Å². The van der Waals surface area contributed by atoms with Gasteiger partial charge in [-0.1, -0.05) is 47.5 Å². The van der Waals surface area contributed by atoms with Crippen molar-refractivity contribution in [2.24, 2.45) is 0 Å². The molecule has 5 nitrogen and oxygen atoms in total. The molecule has 1 amide bonds. The van der Waals surface area contributed by atoms with Gasteiger partial charge >= 0.3 is 0 Å². The minimum Gasteiger partial charge on any atom is -0.347 e. The maximum Gasteiger partial charge on any atom is 0.270 e. The van der Waals surface area contributed by atoms with E-state index in [1.165, 1.54) is 17.5 Å². The molecule has 1 aromatic heterocycles. The van der Waals surface area contributed by atoms with Crippen LogP contribution in [0.2, 0.25) is 0 Å². The molecule has 26 heavy (non-hydrogen) atoms. The van der Waals surface area contributed by atoms with E-state index >= 15 is 0 Å². The van der Waals surface area contributed by atoms with Crippen LogP contribution < -0.4 is 10.6 Å². The van der Waals surface area contributed by atoms with Gasteiger partial charge in [0.1, 0.15) is 17.8 Å². The molecule has 0 bridgehead atoms. The first kappa shape index (κ1) is 17.6. The molecule has 3 aromatic rings. The largest absolute Gasteiger partial charge is 0.347 e. The molecular weight excluding hydrogens is 324 g/mol. The molecule has 2 N–H and O–H groups in total. The first-order chi connectivity index (χ1) is 12.5. The molecule has 5 heteroatoms. The van der Waals surface area contributed by atoms with Crippen LogP contribution in [0.15, 0.2) is 54.9 Å². The van der Waals surface area contributed by atoms with Crippen molar-refractivity contribution in [1.82, 2.24) is 15.3 Å². The Hall–Kier alpha value is -3.21. The van der Waals surface area contributed by atoms with Crippen molar-refractivity contribution < 1.29 is 4.79 Å². The van der Waals surface area contributed by atoms with E-state index in [1.807, 2.05) is 50.2 Å². The number of rotatable bonds is 5. The Kier molecular flexibility index (Phi) is 5.27. The highest BCUT2D eigenvalue weighted by atomic mass is 16.1. The number of nitrogens with one attached hydrogen (secondary N) is 2. The number of aromatic nitrogens is 2. The maximum absolute atomic E-state index is 12.4. The average Bonchev–Trinajstić information content (AvgIpc) is 2.63. The Morgan fingerprint density at radius 2 is 1.65 bits per heavy atom. The topological polar surface area (TPSA) is 66.9 Å². The third-order valence-corrected chi connectivity index (χ3v) is 4.12. The number of amides is 1. The molecule has 0 saturated carbocycles. The molecule has 0 radical (unpaired) electrons. The lowest BCUT2D eigenvalue weighted by molar-refractivity contribution is 0.0946. The van der Waals surface area contributed by atoms with Crippen LogP contribution >= 0.6 is 0 Å². The summed E-state index contributed by atoms with van der Waals surface area (Å²) in [6, 6.07) is 15.8. The highest BCUT2D eigenvalue weighted by Crippen LogP contribution is 2.20. The summed E-state index contributed by atoms with van der Waals surface area (Å²) in [6.45, 7) is 6.58. The lowest BCUT2D eigenvalue weighted by Crippen LogP contribution is -2.24. The Bertz CT molecular complexity index is 920. The standard InChI is InChI=1S/C21H22N4O/c1-14-4-7-17(8-5-14)12-22-21(26)19-11-20(24-13-23-19)25-18-9-6-15(2)10-16(18)3/h4-11,13H,12H2,1-3H3,(H,22,26)(H,23,24,25). The predicted molar refractivity (Wildman–Crippen MR) is 104 cm³/mol. The first-order valence-electron chi connectivity index (χ1n) is 8.51. The second-order valence-corrected chi connectivity index (χ2v) is 6.40. The molecule has 132 valence electrons. The number of aryl methyl sites for hydroxylation is 3. The van der Waals surface area contributed by atoms with Crippen LogP contribution in [-0.4, -0.2) is 15.9 Å². The van der Waals surface area contributed by atoms with Gasteiger partial charge in [0.2, 0.25) is 0 Å². The monoisotopic (exact) mass is 346 g/mol. The third-order valence-electron chi connectivity index (χ3n) is 4.12. The van der Waals surface area contributed by atoms with Crippen molar-refractivity contribution in [3.8, 4) is 0 Å². The number of carbonyl (C=O) groups is 1. The summed E-state index contributed by atoms with van der Waals surface area (Å²) in [5.74, 6) is 0.365. The smallest absolute Gasteiger partial charge is 0.270 e. The summed E-state index contributed by atoms with van der Waals surface area (Å²) in [6.07, 6.45) is 1.40. The Balaban J connectivity index is 1.68. The van der Waals surface area contributed by atoms with Crippen LogP contribution in [0.4, 0.5) is 11.5 Å². The Morgan fingerprint density at radius 1 is 0.923 bits per heavy atom. The molecule has 1 heterocycles. The van der Waals surface area contributed by atoms with Crippen LogP contribution in [0.5, 0.6) is 0 Å². The molecule has 0 spiro atoms. The van der Waals surface area contributed by atoms with E-state index in [-0.39, 0.29) is 5.91 Å². The van der Waals surface area contributed by atoms with E-state index in [0.717, 1.165) is 16.8 Å². The number of benzene rings is 2. The number of carbonyl (C=O) groups excluding carboxylic acids is 1. The molecule has 0 unspecified atom stereocenters. The quantitative estimate of drug-likeness (QED) is 0.731. The van der Waals surface area contributed by atoms with E-state index in [1.54, 1.807) is 6.07 Å². The fourth-order valence-electron chi connectivity index (χ4n) is 2.62. The minimum absolute atomic E-state index is 0.225. The molecule has 2 aromatic carbocycles. The van der Waals surface area contributed by atoms with Gasteiger partial charge in [-0.3, -0.25) is 4.79 Å². The van der Waals surface area contributed by atoms with Gasteiger partial charge in [-0.05, 0) is 38.0 Å². The van der Waals surface area contributed by atoms with Crippen LogP contribution in [-0.2, 0) is 6.54 Å². The van der Waals surface area contributed by atoms with E-state index in [9.17, 15) is 4.79 Å². The summed E-state index contributed by atoms with van der Waals surface area (Å²) in [5, 5.41) is 6.13. The van der Waals surface area contributed by atoms with Crippen molar-refractivity contribution in [1.29, 1.82) is 0 Å². The second kappa shape index (κ2) is 7.78. The minimum atomic E-state index is -0.225. The van der Waals surface area contributed by atoms with Crippen molar-refractivity contribution in [2.45, 2.75) is 27.3 Å². The number of hydrogen-bond donors (Lipinski definition) is 2. The number of nitrogens with zero attached hydrogens (tertiary/aromatic N) is 2. The van der Waals surface area contributed by atoms with Gasteiger partial charge in [0.05, 0.1) is 0 Å². The highest BCUT2D eigenvalue weighted by Gasteiger charge is 2.09. The maximum atomic E-state index is 12.4. The van der Waals surface area contributed by atoms with Gasteiger partial charge in [-0.15, -0.1) is 0 Å². The molecule has 0 atom stereocenters. The molecule has 0 fully saturated rings. The zero-order chi connectivity index (χ0) is 18.5. The molecule has 0 saturated heterocycles. The molecule has 0 aliphatic carbocycles. The van der Waals surface area contributed by atoms with Gasteiger partial charge in [-0.25, -0.2) is 9.97 Å². The Labute approximate surface area is 153 Å². The lowest BCUT2D eigenvalue weighted by atomic mass is 10.1. The van der Waals surface area contributed by atoms with Gasteiger partial charge in [0, 0.05) is 18.3 Å². The normalized spacial score (nSPS) is 10.4. The van der Waals surface area contributed by atoms with E-state index < -0.39 is 0 Å². The van der Waals surface area contributed by atoms with Gasteiger partial charge < -0.3 is 10.6 Å². The first-order valence-corrected chi connectivity index (χ1v) is 8.51. The van der Waals surface area contributed by atoms with Gasteiger partial charge in [-0.2, -0.15) is 0 Å². The van der Waals surface area contributed by atoms with Crippen LogP contribution in [0.3, 0.4) is 0 Å². The molecule has 0 aliphatic heterocycles. The lowest BCUT2D eigenvalue weighted by Gasteiger charge is -2.10.